The highest BCUT2D eigenvalue weighted by Gasteiger charge is 2.16. The molecule has 1 aliphatic carbocycles. The summed E-state index contributed by atoms with van der Waals surface area (Å²) in [4.78, 5) is 0. The molecule has 2 rings (SSSR count). The summed E-state index contributed by atoms with van der Waals surface area (Å²) in [6, 6.07) is 5.28. The van der Waals surface area contributed by atoms with Crippen molar-refractivity contribution >= 4 is 5.57 Å². The van der Waals surface area contributed by atoms with E-state index in [4.69, 9.17) is 4.74 Å². The van der Waals surface area contributed by atoms with E-state index >= 15 is 0 Å². The van der Waals surface area contributed by atoms with E-state index in [-0.39, 0.29) is 5.82 Å². The fourth-order valence-electron chi connectivity index (χ4n) is 2.96. The molecule has 110 valence electrons. The molecule has 0 amide bonds. The van der Waals surface area contributed by atoms with Gasteiger partial charge in [-0.3, -0.25) is 0 Å². The van der Waals surface area contributed by atoms with E-state index in [2.05, 4.69) is 13.0 Å². The average Bonchev–Trinajstić information content (AvgIpc) is 2.48. The Labute approximate surface area is 121 Å². The number of unbranched alkanes of at least 4 members (excludes halogenated alkanes) is 2. The van der Waals surface area contributed by atoms with Gasteiger partial charge in [0.25, 0.3) is 0 Å². The van der Waals surface area contributed by atoms with Crippen molar-refractivity contribution < 1.29 is 9.13 Å². The Morgan fingerprint density at radius 2 is 2.15 bits per heavy atom. The Hall–Kier alpha value is -1.31. The Morgan fingerprint density at radius 1 is 1.30 bits per heavy atom. The molecular weight excluding hydrogens is 251 g/mol. The van der Waals surface area contributed by atoms with Gasteiger partial charge in [-0.05, 0) is 48.4 Å². The maximum atomic E-state index is 13.7. The lowest BCUT2D eigenvalue weighted by Gasteiger charge is -2.22. The molecule has 1 aromatic rings. The summed E-state index contributed by atoms with van der Waals surface area (Å²) < 4.78 is 18.7. The maximum absolute atomic E-state index is 13.7. The summed E-state index contributed by atoms with van der Waals surface area (Å²) >= 11 is 0. The van der Waals surface area contributed by atoms with Crippen LogP contribution in [0.25, 0.3) is 5.57 Å². The van der Waals surface area contributed by atoms with Crippen molar-refractivity contribution in [3.63, 3.8) is 0 Å². The highest BCUT2D eigenvalue weighted by atomic mass is 19.1. The van der Waals surface area contributed by atoms with E-state index in [1.54, 1.807) is 12.1 Å². The zero-order chi connectivity index (χ0) is 14.4. The Bertz CT molecular complexity index is 464. The van der Waals surface area contributed by atoms with Gasteiger partial charge in [0, 0.05) is 0 Å². The number of rotatable bonds is 6. The number of halogens is 1. The minimum absolute atomic E-state index is 0.268. The van der Waals surface area contributed by atoms with E-state index in [0.717, 1.165) is 24.3 Å². The summed E-state index contributed by atoms with van der Waals surface area (Å²) in [6.07, 6.45) is 11.1. The molecule has 0 N–H and O–H groups in total. The van der Waals surface area contributed by atoms with Crippen LogP contribution in [0.4, 0.5) is 4.39 Å². The zero-order valence-electron chi connectivity index (χ0n) is 12.6. The minimum atomic E-state index is -0.268. The third-order valence-electron chi connectivity index (χ3n) is 4.26. The van der Waals surface area contributed by atoms with Gasteiger partial charge >= 0.3 is 0 Å². The number of ether oxygens (including phenoxy) is 1. The van der Waals surface area contributed by atoms with Crippen LogP contribution in [0.15, 0.2) is 24.3 Å². The topological polar surface area (TPSA) is 9.23 Å². The second-order valence-electron chi connectivity index (χ2n) is 5.71. The Morgan fingerprint density at radius 3 is 2.75 bits per heavy atom. The van der Waals surface area contributed by atoms with Crippen LogP contribution in [0, 0.1) is 11.7 Å². The predicted molar refractivity (Wildman–Crippen MR) is 82.4 cm³/mol. The summed E-state index contributed by atoms with van der Waals surface area (Å²) in [5.41, 5.74) is 2.30. The van der Waals surface area contributed by atoms with Gasteiger partial charge in [0.2, 0.25) is 0 Å². The van der Waals surface area contributed by atoms with E-state index in [1.807, 2.05) is 6.07 Å². The predicted octanol–water partition coefficient (Wildman–Crippen LogP) is 5.60. The van der Waals surface area contributed by atoms with E-state index in [0.29, 0.717) is 5.75 Å². The van der Waals surface area contributed by atoms with Crippen molar-refractivity contribution in [3.8, 4) is 5.75 Å². The Balaban J connectivity index is 1.96. The number of methoxy groups -OCH3 is 1. The number of allylic oxidation sites excluding steroid dienone is 2. The highest BCUT2D eigenvalue weighted by molar-refractivity contribution is 5.66. The quantitative estimate of drug-likeness (QED) is 0.615. The van der Waals surface area contributed by atoms with Crippen LogP contribution in [0.2, 0.25) is 0 Å². The van der Waals surface area contributed by atoms with Crippen LogP contribution in [0.1, 0.15) is 57.4 Å². The Kier molecular flexibility index (Phi) is 5.63. The monoisotopic (exact) mass is 276 g/mol. The molecule has 1 atom stereocenters. The maximum Gasteiger partial charge on any atom is 0.165 e. The first kappa shape index (κ1) is 15.1. The smallest absolute Gasteiger partial charge is 0.165 e. The zero-order valence-corrected chi connectivity index (χ0v) is 12.6. The molecule has 0 aliphatic heterocycles. The third-order valence-corrected chi connectivity index (χ3v) is 4.26. The summed E-state index contributed by atoms with van der Waals surface area (Å²) in [6.45, 7) is 2.25. The molecule has 0 fully saturated rings. The van der Waals surface area contributed by atoms with Gasteiger partial charge in [-0.1, -0.05) is 44.7 Å². The average molecular weight is 276 g/mol. The molecule has 0 radical (unpaired) electrons. The van der Waals surface area contributed by atoms with Gasteiger partial charge in [-0.2, -0.15) is 0 Å². The van der Waals surface area contributed by atoms with E-state index in [9.17, 15) is 4.39 Å². The molecule has 20 heavy (non-hydrogen) atoms. The van der Waals surface area contributed by atoms with Gasteiger partial charge in [-0.25, -0.2) is 4.39 Å². The van der Waals surface area contributed by atoms with Crippen molar-refractivity contribution in [2.45, 2.75) is 51.9 Å². The second kappa shape index (κ2) is 7.47. The molecule has 0 spiro atoms. The standard InChI is InChI=1S/C18H25FO/c1-3-4-5-6-14-7-9-15(10-8-14)16-11-12-18(20-2)17(19)13-16/h9,11-14H,3-8,10H2,1-2H3. The van der Waals surface area contributed by atoms with Crippen LogP contribution in [0.5, 0.6) is 5.75 Å². The molecule has 1 aliphatic rings. The number of hydrogen-bond acceptors (Lipinski definition) is 1. The molecule has 0 aromatic heterocycles. The molecule has 2 heteroatoms. The van der Waals surface area contributed by atoms with Crippen LogP contribution in [0.3, 0.4) is 0 Å². The lowest BCUT2D eigenvalue weighted by atomic mass is 9.84. The van der Waals surface area contributed by atoms with Crippen LogP contribution >= 0.6 is 0 Å². The lowest BCUT2D eigenvalue weighted by molar-refractivity contribution is 0.386. The highest BCUT2D eigenvalue weighted by Crippen LogP contribution is 2.34. The van der Waals surface area contributed by atoms with E-state index in [1.165, 1.54) is 44.8 Å². The van der Waals surface area contributed by atoms with Crippen LogP contribution < -0.4 is 4.74 Å². The molecular formula is C18H25FO. The minimum Gasteiger partial charge on any atom is -0.494 e. The molecule has 0 heterocycles. The molecule has 1 nitrogen and oxygen atoms in total. The van der Waals surface area contributed by atoms with Gasteiger partial charge in [0.15, 0.2) is 11.6 Å². The molecule has 1 aromatic carbocycles. The summed E-state index contributed by atoms with van der Waals surface area (Å²) in [5, 5.41) is 0. The van der Waals surface area contributed by atoms with Crippen molar-refractivity contribution in [3.05, 3.63) is 35.7 Å². The lowest BCUT2D eigenvalue weighted by Crippen LogP contribution is -2.05. The van der Waals surface area contributed by atoms with Gasteiger partial charge < -0.3 is 4.74 Å². The van der Waals surface area contributed by atoms with Crippen LogP contribution in [-0.2, 0) is 0 Å². The van der Waals surface area contributed by atoms with E-state index < -0.39 is 0 Å². The first-order chi connectivity index (χ1) is 9.74. The van der Waals surface area contributed by atoms with Gasteiger partial charge in [0.05, 0.1) is 7.11 Å². The van der Waals surface area contributed by atoms with Crippen molar-refractivity contribution in [2.24, 2.45) is 5.92 Å². The first-order valence-corrected chi connectivity index (χ1v) is 7.77. The van der Waals surface area contributed by atoms with Crippen molar-refractivity contribution in [1.82, 2.24) is 0 Å². The number of benzene rings is 1. The summed E-state index contributed by atoms with van der Waals surface area (Å²) in [5.74, 6) is 0.881. The van der Waals surface area contributed by atoms with Crippen molar-refractivity contribution in [2.75, 3.05) is 7.11 Å². The molecule has 1 unspecified atom stereocenters. The van der Waals surface area contributed by atoms with Crippen LogP contribution in [-0.4, -0.2) is 7.11 Å². The van der Waals surface area contributed by atoms with Gasteiger partial charge in [-0.15, -0.1) is 0 Å². The van der Waals surface area contributed by atoms with Gasteiger partial charge in [0.1, 0.15) is 0 Å². The second-order valence-corrected chi connectivity index (χ2v) is 5.71. The molecule has 0 bridgehead atoms. The molecule has 0 saturated carbocycles. The SMILES string of the molecule is CCCCCC1CC=C(c2ccc(OC)c(F)c2)CC1. The fourth-order valence-corrected chi connectivity index (χ4v) is 2.96. The fraction of sp³-hybridized carbons (Fsp3) is 0.556. The number of hydrogen-bond donors (Lipinski definition) is 0. The molecule has 0 saturated heterocycles. The third kappa shape index (κ3) is 3.84. The first-order valence-electron chi connectivity index (χ1n) is 7.77. The largest absolute Gasteiger partial charge is 0.494 e. The van der Waals surface area contributed by atoms with Crippen molar-refractivity contribution in [1.29, 1.82) is 0 Å². The summed E-state index contributed by atoms with van der Waals surface area (Å²) in [7, 11) is 1.50. The normalized spacial score (nSPS) is 18.8.